The molecular formula is C40H67N5O8. The van der Waals surface area contributed by atoms with E-state index in [9.17, 15) is 29.1 Å². The number of rotatable bonds is 21. The Hall–Kier alpha value is -3.55. The number of benzene rings is 1. The van der Waals surface area contributed by atoms with Gasteiger partial charge in [0.05, 0.1) is 42.7 Å². The van der Waals surface area contributed by atoms with Crippen molar-refractivity contribution in [3.63, 3.8) is 0 Å². The number of carboxylic acid groups (broad SMARTS) is 1. The van der Waals surface area contributed by atoms with E-state index >= 15 is 0 Å². The standard InChI is InChI=1S/C40H67N5O8/c1-13-26(7)35(44(10)39(49)34(24(4)5)43-38(48)33(41-9)23(2)3)31(52-11)22-32(46)45-20-14-15-30(45)36(53-12)27(8)37(47)42-29(40(50)51)21-28-18-16-25(6)17-19-28/h16-19,23-24,26-27,29-31,33-36,41H,13-15,20-22H2,1-12H3,(H,42,47)(H,43,48)(H,50,51)/t26-,27?,29-,30-,31+,33-,34-,35?,36+/m0/s1. The van der Waals surface area contributed by atoms with Gasteiger partial charge in [-0.1, -0.05) is 84.7 Å². The lowest BCUT2D eigenvalue weighted by atomic mass is 9.89. The number of amides is 4. The second-order valence-corrected chi connectivity index (χ2v) is 15.4. The molecule has 9 atom stereocenters. The van der Waals surface area contributed by atoms with E-state index in [2.05, 4.69) is 16.0 Å². The molecule has 53 heavy (non-hydrogen) atoms. The fraction of sp³-hybridized carbons (Fsp3) is 0.725. The van der Waals surface area contributed by atoms with Gasteiger partial charge in [-0.15, -0.1) is 0 Å². The molecule has 13 nitrogen and oxygen atoms in total. The first-order chi connectivity index (χ1) is 24.9. The molecular weight excluding hydrogens is 678 g/mol. The maximum Gasteiger partial charge on any atom is 0.326 e. The summed E-state index contributed by atoms with van der Waals surface area (Å²) < 4.78 is 11.9. The number of ether oxygens (including phenoxy) is 2. The highest BCUT2D eigenvalue weighted by Crippen LogP contribution is 2.30. The molecule has 2 rings (SSSR count). The number of carbonyl (C=O) groups is 5. The number of nitrogens with one attached hydrogen (secondary N) is 3. The van der Waals surface area contributed by atoms with Crippen molar-refractivity contribution in [1.82, 2.24) is 25.8 Å². The Balaban J connectivity index is 2.26. The Morgan fingerprint density at radius 3 is 2.02 bits per heavy atom. The van der Waals surface area contributed by atoms with Crippen molar-refractivity contribution in [2.24, 2.45) is 23.7 Å². The van der Waals surface area contributed by atoms with Gasteiger partial charge < -0.3 is 40.3 Å². The first kappa shape index (κ1) is 45.6. The summed E-state index contributed by atoms with van der Waals surface area (Å²) >= 11 is 0. The summed E-state index contributed by atoms with van der Waals surface area (Å²) in [5.74, 6) is -3.27. The molecule has 4 amide bonds. The highest BCUT2D eigenvalue weighted by molar-refractivity contribution is 5.90. The fourth-order valence-corrected chi connectivity index (χ4v) is 7.51. The lowest BCUT2D eigenvalue weighted by Crippen LogP contribution is -2.59. The first-order valence-electron chi connectivity index (χ1n) is 19.1. The number of aryl methyl sites for hydroxylation is 1. The maximum absolute atomic E-state index is 14.1. The van der Waals surface area contributed by atoms with Crippen LogP contribution in [-0.4, -0.2) is 122 Å². The second kappa shape index (κ2) is 21.4. The van der Waals surface area contributed by atoms with Crippen molar-refractivity contribution in [2.45, 2.75) is 130 Å². The second-order valence-electron chi connectivity index (χ2n) is 15.4. The molecule has 300 valence electrons. The summed E-state index contributed by atoms with van der Waals surface area (Å²) in [7, 11) is 6.46. The van der Waals surface area contributed by atoms with Crippen molar-refractivity contribution in [3.05, 3.63) is 35.4 Å². The minimum atomic E-state index is -1.14. The third-order valence-electron chi connectivity index (χ3n) is 10.9. The first-order valence-corrected chi connectivity index (χ1v) is 19.1. The summed E-state index contributed by atoms with van der Waals surface area (Å²) in [5, 5.41) is 18.6. The zero-order chi connectivity index (χ0) is 40.2. The normalized spacial score (nSPS) is 19.1. The number of methoxy groups -OCH3 is 2. The molecule has 1 aromatic rings. The third-order valence-corrected chi connectivity index (χ3v) is 10.9. The smallest absolute Gasteiger partial charge is 0.326 e. The van der Waals surface area contributed by atoms with Crippen molar-refractivity contribution < 1.29 is 38.6 Å². The van der Waals surface area contributed by atoms with Crippen molar-refractivity contribution in [2.75, 3.05) is 34.9 Å². The lowest BCUT2D eigenvalue weighted by molar-refractivity contribution is -0.148. The Morgan fingerprint density at radius 1 is 0.925 bits per heavy atom. The van der Waals surface area contributed by atoms with Gasteiger partial charge in [0.2, 0.25) is 23.6 Å². The number of hydrogen-bond donors (Lipinski definition) is 4. The zero-order valence-corrected chi connectivity index (χ0v) is 34.1. The molecule has 0 aliphatic carbocycles. The summed E-state index contributed by atoms with van der Waals surface area (Å²) in [5.41, 5.74) is 1.84. The Morgan fingerprint density at radius 2 is 1.53 bits per heavy atom. The van der Waals surface area contributed by atoms with E-state index in [1.54, 1.807) is 30.8 Å². The van der Waals surface area contributed by atoms with E-state index < -0.39 is 60.2 Å². The molecule has 1 aliphatic rings. The molecule has 1 fully saturated rings. The molecule has 2 unspecified atom stereocenters. The van der Waals surface area contributed by atoms with Crippen LogP contribution in [0.25, 0.3) is 0 Å². The van der Waals surface area contributed by atoms with Gasteiger partial charge in [-0.2, -0.15) is 0 Å². The van der Waals surface area contributed by atoms with Crippen LogP contribution in [0, 0.1) is 30.6 Å². The molecule has 13 heteroatoms. The molecule has 1 saturated heterocycles. The fourth-order valence-electron chi connectivity index (χ4n) is 7.51. The Labute approximate surface area is 317 Å². The van der Waals surface area contributed by atoms with E-state index in [1.807, 2.05) is 72.7 Å². The number of carbonyl (C=O) groups excluding carboxylic acids is 4. The van der Waals surface area contributed by atoms with Crippen LogP contribution in [0.3, 0.4) is 0 Å². The number of hydrogen-bond acceptors (Lipinski definition) is 8. The van der Waals surface area contributed by atoms with Gasteiger partial charge in [-0.05, 0) is 50.1 Å². The molecule has 1 heterocycles. The van der Waals surface area contributed by atoms with Crippen LogP contribution >= 0.6 is 0 Å². The van der Waals surface area contributed by atoms with Gasteiger partial charge in [-0.25, -0.2) is 4.79 Å². The van der Waals surface area contributed by atoms with Crippen LogP contribution in [-0.2, 0) is 39.9 Å². The molecule has 0 radical (unpaired) electrons. The molecule has 0 bridgehead atoms. The van der Waals surface area contributed by atoms with Crippen LogP contribution in [0.1, 0.15) is 85.3 Å². The molecule has 1 aromatic carbocycles. The largest absolute Gasteiger partial charge is 0.480 e. The van der Waals surface area contributed by atoms with Crippen molar-refractivity contribution >= 4 is 29.6 Å². The maximum atomic E-state index is 14.1. The Kier molecular flexibility index (Phi) is 18.4. The van der Waals surface area contributed by atoms with Gasteiger partial charge in [0.25, 0.3) is 0 Å². The average Bonchev–Trinajstić information content (AvgIpc) is 3.60. The van der Waals surface area contributed by atoms with Crippen molar-refractivity contribution in [3.8, 4) is 0 Å². The van der Waals surface area contributed by atoms with E-state index in [4.69, 9.17) is 9.47 Å². The minimum Gasteiger partial charge on any atom is -0.480 e. The van der Waals surface area contributed by atoms with Crippen molar-refractivity contribution in [1.29, 1.82) is 0 Å². The minimum absolute atomic E-state index is 0.0117. The monoisotopic (exact) mass is 745 g/mol. The van der Waals surface area contributed by atoms with Crippen LogP contribution in [0.15, 0.2) is 24.3 Å². The lowest BCUT2D eigenvalue weighted by Gasteiger charge is -2.41. The summed E-state index contributed by atoms with van der Waals surface area (Å²) in [4.78, 5) is 70.5. The topological polar surface area (TPSA) is 167 Å². The van der Waals surface area contributed by atoms with Crippen LogP contribution in [0.4, 0.5) is 0 Å². The number of carboxylic acids is 1. The Bertz CT molecular complexity index is 1350. The van der Waals surface area contributed by atoms with Crippen LogP contribution in [0.5, 0.6) is 0 Å². The van der Waals surface area contributed by atoms with Gasteiger partial charge >= 0.3 is 5.97 Å². The van der Waals surface area contributed by atoms with E-state index in [1.165, 1.54) is 14.2 Å². The number of nitrogens with zero attached hydrogens (tertiary/aromatic N) is 2. The zero-order valence-electron chi connectivity index (χ0n) is 34.1. The number of likely N-dealkylation sites (N-methyl/N-ethyl adjacent to an activating group) is 2. The summed E-state index contributed by atoms with van der Waals surface area (Å²) in [6.07, 6.45) is 0.812. The van der Waals surface area contributed by atoms with E-state index in [0.717, 1.165) is 17.5 Å². The van der Waals surface area contributed by atoms with E-state index in [-0.39, 0.29) is 48.3 Å². The molecule has 1 aliphatic heterocycles. The molecule has 0 aromatic heterocycles. The highest BCUT2D eigenvalue weighted by Gasteiger charge is 2.43. The quantitative estimate of drug-likeness (QED) is 0.148. The van der Waals surface area contributed by atoms with Crippen LogP contribution in [0.2, 0.25) is 0 Å². The molecule has 0 spiro atoms. The number of aliphatic carboxylic acids is 1. The predicted molar refractivity (Wildman–Crippen MR) is 205 cm³/mol. The predicted octanol–water partition coefficient (Wildman–Crippen LogP) is 3.41. The summed E-state index contributed by atoms with van der Waals surface area (Å²) in [6, 6.07) is 4.23. The van der Waals surface area contributed by atoms with Gasteiger partial charge in [0.1, 0.15) is 12.1 Å². The van der Waals surface area contributed by atoms with Gasteiger partial charge in [0, 0.05) is 34.2 Å². The third kappa shape index (κ3) is 12.2. The van der Waals surface area contributed by atoms with E-state index in [0.29, 0.717) is 19.4 Å². The van der Waals surface area contributed by atoms with Gasteiger partial charge in [0.15, 0.2) is 0 Å². The SMILES string of the molecule is CC[C@H](C)C([C@@H](CC(=O)N1CCC[C@H]1[C@H](OC)C(C)C(=O)N[C@@H](Cc1ccc(C)cc1)C(=O)O)OC)N(C)C(=O)[C@@H](NC(=O)[C@@H](NC)C(C)C)C(C)C. The molecule has 0 saturated carbocycles. The number of likely N-dealkylation sites (tertiary alicyclic amines) is 1. The summed E-state index contributed by atoms with van der Waals surface area (Å²) in [6.45, 7) is 15.8. The average molecular weight is 746 g/mol. The van der Waals surface area contributed by atoms with Gasteiger partial charge in [-0.3, -0.25) is 19.2 Å². The van der Waals surface area contributed by atoms with Crippen LogP contribution < -0.4 is 16.0 Å². The highest BCUT2D eigenvalue weighted by atomic mass is 16.5. The molecule has 4 N–H and O–H groups in total.